The fraction of sp³-hybridized carbons (Fsp3) is 0.886. The Bertz CT molecular complexity index is 1140. The molecule has 8 rings (SSSR count). The number of morpholine rings is 1. The van der Waals surface area contributed by atoms with Gasteiger partial charge in [-0.15, -0.1) is 0 Å². The molecule has 224 valence electrons. The van der Waals surface area contributed by atoms with Gasteiger partial charge in [-0.25, -0.2) is 0 Å². The number of amides is 1. The van der Waals surface area contributed by atoms with E-state index in [9.17, 15) is 10.1 Å². The van der Waals surface area contributed by atoms with Gasteiger partial charge in [-0.05, 0) is 135 Å². The maximum atomic E-state index is 12.8. The first-order valence-corrected chi connectivity index (χ1v) is 17.1. The molecule has 1 amide bonds. The highest BCUT2D eigenvalue weighted by molar-refractivity contribution is 5.76. The normalized spacial score (nSPS) is 51.0. The molecular weight excluding hydrogens is 512 g/mol. The van der Waals surface area contributed by atoms with E-state index in [1.54, 1.807) is 0 Å². The van der Waals surface area contributed by atoms with Crippen LogP contribution in [0.15, 0.2) is 11.6 Å². The van der Waals surface area contributed by atoms with Crippen LogP contribution in [0.1, 0.15) is 104 Å². The van der Waals surface area contributed by atoms with E-state index >= 15 is 0 Å². The number of nitrogens with zero attached hydrogens (tertiary/aromatic N) is 2. The molecule has 0 aromatic carbocycles. The average molecular weight is 563 g/mol. The number of carbonyl (C=O) groups is 1. The maximum Gasteiger partial charge on any atom is 0.223 e. The summed E-state index contributed by atoms with van der Waals surface area (Å²) < 4.78 is 19.4. The second kappa shape index (κ2) is 9.80. The Balaban J connectivity index is 0.961. The largest absolute Gasteiger partial charge is 0.374 e. The van der Waals surface area contributed by atoms with E-state index in [2.05, 4.69) is 26.0 Å². The van der Waals surface area contributed by atoms with Crippen molar-refractivity contribution in [2.75, 3.05) is 19.7 Å². The third kappa shape index (κ3) is 4.07. The lowest BCUT2D eigenvalue weighted by molar-refractivity contribution is -0.205. The third-order valence-corrected chi connectivity index (χ3v) is 14.2. The lowest BCUT2D eigenvalue weighted by Crippen LogP contribution is -2.51. The molecule has 6 heteroatoms. The number of nitriles is 1. The van der Waals surface area contributed by atoms with Crippen molar-refractivity contribution < 1.29 is 19.0 Å². The molecule has 0 bridgehead atoms. The monoisotopic (exact) mass is 562 g/mol. The summed E-state index contributed by atoms with van der Waals surface area (Å²) in [7, 11) is 0. The summed E-state index contributed by atoms with van der Waals surface area (Å²) in [6.45, 7) is 6.72. The minimum Gasteiger partial charge on any atom is -0.374 e. The van der Waals surface area contributed by atoms with Gasteiger partial charge in [0.05, 0.1) is 44.0 Å². The predicted molar refractivity (Wildman–Crippen MR) is 154 cm³/mol. The van der Waals surface area contributed by atoms with Gasteiger partial charge in [0.15, 0.2) is 6.29 Å². The van der Waals surface area contributed by atoms with E-state index in [4.69, 9.17) is 14.2 Å². The first kappa shape index (κ1) is 27.2. The number of rotatable bonds is 5. The Labute approximate surface area is 246 Å². The van der Waals surface area contributed by atoms with Gasteiger partial charge in [-0.2, -0.15) is 5.26 Å². The molecule has 6 aliphatic carbocycles. The predicted octanol–water partition coefficient (Wildman–Crippen LogP) is 6.40. The zero-order chi connectivity index (χ0) is 28.0. The second-order valence-corrected chi connectivity index (χ2v) is 15.7. The SMILES string of the molecule is C/C=C1/C(OC2CN(C(=O)CC3CC3)CCO2)CCC23CC24CCC2(C)C5CCC(CC#N)OC5CC2C4CCC13. The summed E-state index contributed by atoms with van der Waals surface area (Å²) in [6, 6.07) is 2.37. The Kier molecular flexibility index (Phi) is 6.49. The molecule has 8 aliphatic rings. The first-order valence-electron chi connectivity index (χ1n) is 17.1. The fourth-order valence-corrected chi connectivity index (χ4v) is 12.1. The van der Waals surface area contributed by atoms with Gasteiger partial charge >= 0.3 is 0 Å². The molecule has 2 heterocycles. The van der Waals surface area contributed by atoms with Gasteiger partial charge in [0.25, 0.3) is 0 Å². The summed E-state index contributed by atoms with van der Waals surface area (Å²) in [4.78, 5) is 14.8. The highest BCUT2D eigenvalue weighted by Crippen LogP contribution is 2.86. The summed E-state index contributed by atoms with van der Waals surface area (Å²) >= 11 is 0. The van der Waals surface area contributed by atoms with Gasteiger partial charge < -0.3 is 19.1 Å². The average Bonchev–Trinajstić information content (AvgIpc) is 3.88. The molecule has 6 saturated carbocycles. The lowest BCUT2D eigenvalue weighted by atomic mass is 9.49. The molecule has 0 N–H and O–H groups in total. The van der Waals surface area contributed by atoms with Crippen LogP contribution in [-0.4, -0.2) is 55.1 Å². The molecule has 2 saturated heterocycles. The molecule has 41 heavy (non-hydrogen) atoms. The Morgan fingerprint density at radius 2 is 1.93 bits per heavy atom. The number of hydrogen-bond donors (Lipinski definition) is 0. The molecule has 0 aromatic heterocycles. The molecule has 0 radical (unpaired) electrons. The van der Waals surface area contributed by atoms with E-state index in [0.717, 1.165) is 24.7 Å². The topological polar surface area (TPSA) is 71.8 Å². The number of hydrogen-bond acceptors (Lipinski definition) is 5. The minimum atomic E-state index is -0.299. The zero-order valence-electron chi connectivity index (χ0n) is 25.3. The van der Waals surface area contributed by atoms with E-state index in [1.165, 1.54) is 69.8 Å². The van der Waals surface area contributed by atoms with Gasteiger partial charge in [0, 0.05) is 13.0 Å². The number of allylic oxidation sites excluding steroid dienone is 1. The zero-order valence-corrected chi connectivity index (χ0v) is 25.3. The standard InChI is InChI=1S/C35H50N2O4/c1-3-24-25-8-9-26-28-19-30-27(7-6-23(40-30)11-15-36)33(28,2)13-14-35(26)21-34(25,35)12-10-29(24)41-32-20-37(16-17-39-32)31(38)18-22-4-5-22/h3,22-23,25-30,32H,4-14,16-21H2,1-2H3/b24-3+. The number of fused-ring (bicyclic) bond motifs is 4. The van der Waals surface area contributed by atoms with Crippen molar-refractivity contribution in [1.82, 2.24) is 4.90 Å². The molecule has 0 aromatic rings. The Morgan fingerprint density at radius 3 is 2.73 bits per heavy atom. The molecule has 11 unspecified atom stereocenters. The Morgan fingerprint density at radius 1 is 1.07 bits per heavy atom. The molecule has 2 spiro atoms. The number of carbonyl (C=O) groups excluding carboxylic acids is 1. The number of ether oxygens (including phenoxy) is 3. The second-order valence-electron chi connectivity index (χ2n) is 15.7. The van der Waals surface area contributed by atoms with Gasteiger partial charge in [0.2, 0.25) is 5.91 Å². The lowest BCUT2D eigenvalue weighted by Gasteiger charge is -2.56. The van der Waals surface area contributed by atoms with Crippen LogP contribution in [0.3, 0.4) is 0 Å². The molecule has 6 nitrogen and oxygen atoms in total. The Hall–Kier alpha value is -1.42. The van der Waals surface area contributed by atoms with Gasteiger partial charge in [-0.3, -0.25) is 4.79 Å². The van der Waals surface area contributed by atoms with Crippen molar-refractivity contribution in [3.8, 4) is 6.07 Å². The highest BCUT2D eigenvalue weighted by Gasteiger charge is 2.79. The minimum absolute atomic E-state index is 0.127. The van der Waals surface area contributed by atoms with Crippen LogP contribution in [0.5, 0.6) is 0 Å². The molecule has 11 atom stereocenters. The van der Waals surface area contributed by atoms with Crippen molar-refractivity contribution in [3.05, 3.63) is 11.6 Å². The van der Waals surface area contributed by atoms with Gasteiger partial charge in [0.1, 0.15) is 0 Å². The van der Waals surface area contributed by atoms with Crippen LogP contribution >= 0.6 is 0 Å². The van der Waals surface area contributed by atoms with Crippen molar-refractivity contribution in [1.29, 1.82) is 5.26 Å². The third-order valence-electron chi connectivity index (χ3n) is 14.2. The molecule has 2 aliphatic heterocycles. The summed E-state index contributed by atoms with van der Waals surface area (Å²) in [6.07, 6.45) is 19.2. The smallest absolute Gasteiger partial charge is 0.223 e. The van der Waals surface area contributed by atoms with Crippen LogP contribution in [0, 0.1) is 57.2 Å². The van der Waals surface area contributed by atoms with E-state index < -0.39 is 0 Å². The van der Waals surface area contributed by atoms with Crippen molar-refractivity contribution in [3.63, 3.8) is 0 Å². The fourth-order valence-electron chi connectivity index (χ4n) is 12.1. The van der Waals surface area contributed by atoms with Crippen LogP contribution < -0.4 is 0 Å². The van der Waals surface area contributed by atoms with E-state index in [1.807, 2.05) is 4.90 Å². The first-order chi connectivity index (χ1) is 19.9. The molecule has 8 fully saturated rings. The van der Waals surface area contributed by atoms with Gasteiger partial charge in [-0.1, -0.05) is 13.0 Å². The van der Waals surface area contributed by atoms with Crippen molar-refractivity contribution in [2.24, 2.45) is 45.8 Å². The summed E-state index contributed by atoms with van der Waals surface area (Å²) in [5.41, 5.74) is 2.94. The molecular formula is C35H50N2O4. The van der Waals surface area contributed by atoms with Crippen LogP contribution in [0.25, 0.3) is 0 Å². The van der Waals surface area contributed by atoms with Crippen LogP contribution in [0.2, 0.25) is 0 Å². The van der Waals surface area contributed by atoms with E-state index in [-0.39, 0.29) is 18.5 Å². The highest BCUT2D eigenvalue weighted by atomic mass is 16.7. The van der Waals surface area contributed by atoms with Crippen LogP contribution in [0.4, 0.5) is 0 Å². The maximum absolute atomic E-state index is 12.8. The van der Waals surface area contributed by atoms with Crippen molar-refractivity contribution >= 4 is 5.91 Å². The van der Waals surface area contributed by atoms with Crippen molar-refractivity contribution in [2.45, 2.75) is 128 Å². The quantitative estimate of drug-likeness (QED) is 0.363. The summed E-state index contributed by atoms with van der Waals surface area (Å²) in [5.74, 6) is 3.86. The van der Waals surface area contributed by atoms with E-state index in [0.29, 0.717) is 78.5 Å². The summed E-state index contributed by atoms with van der Waals surface area (Å²) in [5, 5.41) is 9.27. The van der Waals surface area contributed by atoms with Crippen LogP contribution in [-0.2, 0) is 19.0 Å².